The highest BCUT2D eigenvalue weighted by molar-refractivity contribution is 8.76. The Kier molecular flexibility index (Phi) is 33.2. The van der Waals surface area contributed by atoms with E-state index in [0.29, 0.717) is 30.4 Å². The van der Waals surface area contributed by atoms with Crippen LogP contribution in [0.3, 0.4) is 0 Å². The van der Waals surface area contributed by atoms with Crippen LogP contribution in [-0.2, 0) is 75.1 Å². The molecule has 0 aliphatic carbocycles. The smallest absolute Gasteiger partial charge is 0.246 e. The van der Waals surface area contributed by atoms with Gasteiger partial charge in [0.05, 0.1) is 25.6 Å². The van der Waals surface area contributed by atoms with Gasteiger partial charge in [-0.2, -0.15) is 0 Å². The van der Waals surface area contributed by atoms with Gasteiger partial charge in [0, 0.05) is 57.0 Å². The predicted octanol–water partition coefficient (Wildman–Crippen LogP) is -5.62. The second-order valence-electron chi connectivity index (χ2n) is 23.2. The van der Waals surface area contributed by atoms with Crippen molar-refractivity contribution in [1.82, 2.24) is 47.4 Å². The molecule has 3 fully saturated rings. The summed E-state index contributed by atoms with van der Waals surface area (Å²) in [5, 5.41) is 70.6. The molecular weight excluding hydrogens is 1280 g/mol. The number of phenolic OH excluding ortho intramolecular Hbond substituents is 1. The zero-order valence-electron chi connectivity index (χ0n) is 52.6. The van der Waals surface area contributed by atoms with Gasteiger partial charge in [-0.3, -0.25) is 57.7 Å². The Hall–Kier alpha value is -7.90. The molecule has 0 spiro atoms. The summed E-state index contributed by atoms with van der Waals surface area (Å²) in [4.78, 5) is 158. The maximum atomic E-state index is 14.8. The third-order valence-corrected chi connectivity index (χ3v) is 18.1. The molecule has 5 rings (SSSR count). The van der Waals surface area contributed by atoms with Crippen LogP contribution in [0.15, 0.2) is 59.6 Å². The normalized spacial score (nSPS) is 25.2. The molecule has 23 N–H and O–H groups in total. The molecule has 0 aromatic heterocycles. The Labute approximate surface area is 556 Å². The van der Waals surface area contributed by atoms with Crippen LogP contribution in [0.1, 0.15) is 94.6 Å². The Bertz CT molecular complexity index is 2920. The van der Waals surface area contributed by atoms with Gasteiger partial charge in [-0.05, 0) is 68.2 Å². The van der Waals surface area contributed by atoms with Crippen LogP contribution >= 0.6 is 21.6 Å². The zero-order chi connectivity index (χ0) is 69.6. The van der Waals surface area contributed by atoms with Crippen LogP contribution in [0.25, 0.3) is 0 Å². The number of rotatable bonds is 30. The van der Waals surface area contributed by atoms with Crippen molar-refractivity contribution in [3.8, 4) is 5.75 Å². The fourth-order valence-electron chi connectivity index (χ4n) is 10.4. The lowest BCUT2D eigenvalue weighted by Crippen LogP contribution is -2.61. The highest BCUT2D eigenvalue weighted by Gasteiger charge is 2.45. The first-order valence-corrected chi connectivity index (χ1v) is 33.9. The van der Waals surface area contributed by atoms with Gasteiger partial charge in [-0.1, -0.05) is 89.7 Å². The van der Waals surface area contributed by atoms with Crippen LogP contribution in [0.5, 0.6) is 5.75 Å². The number of aliphatic imine (C=N–C) groups is 1. The second-order valence-corrected chi connectivity index (χ2v) is 25.7. The zero-order valence-corrected chi connectivity index (χ0v) is 54.2. The lowest BCUT2D eigenvalue weighted by Gasteiger charge is -2.39. The van der Waals surface area contributed by atoms with E-state index in [1.807, 2.05) is 0 Å². The molecule has 3 aliphatic rings. The molecule has 2 aromatic carbocycles. The minimum Gasteiger partial charge on any atom is -0.508 e. The molecule has 526 valence electrons. The van der Waals surface area contributed by atoms with Crippen molar-refractivity contribution in [2.24, 2.45) is 33.7 Å². The van der Waals surface area contributed by atoms with Gasteiger partial charge in [0.25, 0.3) is 0 Å². The first kappa shape index (κ1) is 77.8. The number of aromatic hydroxyl groups is 1. The Balaban J connectivity index is 1.38. The average Bonchev–Trinajstić information content (AvgIpc) is 1.66. The first-order valence-electron chi connectivity index (χ1n) is 31.4. The number of aliphatic hydroxyl groups excluding tert-OH is 4. The molecule has 11 amide bonds. The van der Waals surface area contributed by atoms with Crippen molar-refractivity contribution in [2.75, 3.05) is 50.9 Å². The molecule has 0 unspecified atom stereocenters. The second kappa shape index (κ2) is 40.5. The van der Waals surface area contributed by atoms with Crippen LogP contribution in [-0.4, -0.2) is 231 Å². The lowest BCUT2D eigenvalue weighted by molar-refractivity contribution is -0.301. The summed E-state index contributed by atoms with van der Waals surface area (Å²) in [6, 6.07) is 2.53. The van der Waals surface area contributed by atoms with Gasteiger partial charge in [0.1, 0.15) is 72.5 Å². The van der Waals surface area contributed by atoms with Gasteiger partial charge in [-0.25, -0.2) is 0 Å². The number of phenols is 1. The SMILES string of the molecule is NC(=O)CNC(=O)[C@H](CCCN=C(N)N)NC(=O)[C@@H]1CCCN1C(=O)[C@@H]1CSSC[C@H](N)C(=O)N[C@@H](Cc2ccc(O)cc2)C(=O)N[C@@H](Cc2ccccc2)C(=O)N[C@@H](CCC(=O)NCCCCCCCCO[C@@H]2O[C@H](CO)[C@H](O)[C@H](O)[C@H]2O)C(=O)N[C@@H](CC(N)=O)C(=O)N1. The van der Waals surface area contributed by atoms with Crippen molar-refractivity contribution in [2.45, 2.75) is 175 Å². The van der Waals surface area contributed by atoms with Crippen molar-refractivity contribution in [1.29, 1.82) is 0 Å². The molecule has 3 aliphatic heterocycles. The number of aliphatic hydroxyl groups is 4. The number of carbonyl (C=O) groups excluding carboxylic acids is 11. The summed E-state index contributed by atoms with van der Waals surface area (Å²) in [7, 11) is 1.98. The van der Waals surface area contributed by atoms with Crippen molar-refractivity contribution in [3.63, 3.8) is 0 Å². The van der Waals surface area contributed by atoms with E-state index in [0.717, 1.165) is 40.9 Å². The Morgan fingerprint density at radius 1 is 0.695 bits per heavy atom. The number of nitrogens with zero attached hydrogens (tertiary/aromatic N) is 2. The third kappa shape index (κ3) is 26.7. The standard InChI is InChI=1S/C60H91N15O18S2/c61-36-31-94-95-32-42(58(91)75-24-11-15-43(75)57(90)70-37(14-10-23-67-60(64)65)52(85)68-29-46(63)79)74-56(89)41(28-45(62)78)73-53(86)38(20-21-47(80)66-22-8-3-1-2-4-9-25-92-59-50(83)49(82)48(81)44(30-76)93-59)69-54(87)40(26-33-12-6-5-7-13-33)72-55(88)39(71-51(36)84)27-34-16-18-35(77)19-17-34/h5-7,12-13,16-19,36-44,48-50,59,76-77,81-83H,1-4,8-11,14-15,20-32,61H2,(H2,62,78)(H2,63,79)(H,66,80)(H,68,85)(H,69,87)(H,70,90)(H,71,84)(H,72,88)(H,73,86)(H,74,89)(H4,64,65,67)/t36-,37-,38-,39-,40-,41-,42-,43-,44+,48-,49-,50+,59+/m0/s1. The Morgan fingerprint density at radius 3 is 1.95 bits per heavy atom. The minimum atomic E-state index is -1.84. The van der Waals surface area contributed by atoms with E-state index in [2.05, 4.69) is 47.5 Å². The summed E-state index contributed by atoms with van der Waals surface area (Å²) in [5.74, 6) is -10.4. The maximum absolute atomic E-state index is 14.8. The number of carbonyl (C=O) groups is 11. The summed E-state index contributed by atoms with van der Waals surface area (Å²) >= 11 is 0. The number of benzene rings is 2. The van der Waals surface area contributed by atoms with E-state index < -0.39 is 170 Å². The quantitative estimate of drug-likeness (QED) is 0.0150. The van der Waals surface area contributed by atoms with Gasteiger partial charge < -0.3 is 111 Å². The topological polar surface area (TPSA) is 549 Å². The molecule has 2 aromatic rings. The van der Waals surface area contributed by atoms with Crippen LogP contribution in [0, 0.1) is 0 Å². The largest absolute Gasteiger partial charge is 0.508 e. The number of ether oxygens (including phenoxy) is 2. The van der Waals surface area contributed by atoms with E-state index in [1.165, 1.54) is 29.2 Å². The van der Waals surface area contributed by atoms with Gasteiger partial charge in [-0.15, -0.1) is 0 Å². The number of hydrogen-bond donors (Lipinski definition) is 18. The number of amides is 11. The van der Waals surface area contributed by atoms with E-state index in [4.69, 9.17) is 38.1 Å². The molecule has 0 saturated carbocycles. The van der Waals surface area contributed by atoms with E-state index >= 15 is 0 Å². The molecule has 0 bridgehead atoms. The summed E-state index contributed by atoms with van der Waals surface area (Å²) in [5.41, 5.74) is 29.3. The molecule has 33 nitrogen and oxygen atoms in total. The molecular formula is C60H91N15O18S2. The molecule has 3 heterocycles. The van der Waals surface area contributed by atoms with Gasteiger partial charge in [0.2, 0.25) is 65.0 Å². The number of nitrogens with two attached hydrogens (primary N) is 5. The van der Waals surface area contributed by atoms with Crippen molar-refractivity contribution < 1.29 is 87.7 Å². The number of hydrogen-bond acceptors (Lipinski definition) is 22. The van der Waals surface area contributed by atoms with Crippen molar-refractivity contribution >= 4 is 92.5 Å². The predicted molar refractivity (Wildman–Crippen MR) is 347 cm³/mol. The highest BCUT2D eigenvalue weighted by Crippen LogP contribution is 2.27. The number of nitrogens with one attached hydrogen (secondary N) is 8. The summed E-state index contributed by atoms with van der Waals surface area (Å²) in [6.45, 7) is -0.692. The minimum absolute atomic E-state index is 0.0170. The highest BCUT2D eigenvalue weighted by atomic mass is 33.1. The van der Waals surface area contributed by atoms with Crippen LogP contribution < -0.4 is 71.2 Å². The number of guanidine groups is 1. The monoisotopic (exact) mass is 1370 g/mol. The molecule has 95 heavy (non-hydrogen) atoms. The molecule has 13 atom stereocenters. The first-order chi connectivity index (χ1) is 45.3. The van der Waals surface area contributed by atoms with Gasteiger partial charge in [0.15, 0.2) is 12.2 Å². The maximum Gasteiger partial charge on any atom is 0.246 e. The fourth-order valence-corrected chi connectivity index (χ4v) is 12.7. The fraction of sp³-hybridized carbons (Fsp3) is 0.600. The van der Waals surface area contributed by atoms with E-state index in [-0.39, 0.29) is 94.4 Å². The lowest BCUT2D eigenvalue weighted by atomic mass is 9.99. The van der Waals surface area contributed by atoms with Gasteiger partial charge >= 0.3 is 0 Å². The number of unbranched alkanes of at least 4 members (excludes halogenated alkanes) is 5. The van der Waals surface area contributed by atoms with Crippen LogP contribution in [0.2, 0.25) is 0 Å². The molecule has 0 radical (unpaired) electrons. The van der Waals surface area contributed by atoms with E-state index in [1.54, 1.807) is 30.3 Å². The molecule has 35 heteroatoms. The molecule has 3 saturated heterocycles. The van der Waals surface area contributed by atoms with Crippen LogP contribution in [0.4, 0.5) is 0 Å². The number of likely N-dealkylation sites (tertiary alicyclic amines) is 1. The third-order valence-electron chi connectivity index (χ3n) is 15.7. The number of primary amides is 2. The Morgan fingerprint density at radius 2 is 1.29 bits per heavy atom. The summed E-state index contributed by atoms with van der Waals surface area (Å²) in [6.07, 6.45) is -4.28. The van der Waals surface area contributed by atoms with E-state index in [9.17, 15) is 78.3 Å². The van der Waals surface area contributed by atoms with Crippen molar-refractivity contribution in [3.05, 3.63) is 65.7 Å². The summed E-state index contributed by atoms with van der Waals surface area (Å²) < 4.78 is 10.9. The average molecular weight is 1370 g/mol.